The first-order valence-corrected chi connectivity index (χ1v) is 10.2. The zero-order valence-electron chi connectivity index (χ0n) is 17.4. The van der Waals surface area contributed by atoms with Gasteiger partial charge in [-0.25, -0.2) is 14.5 Å². The van der Waals surface area contributed by atoms with E-state index >= 15 is 0 Å². The second-order valence-electron chi connectivity index (χ2n) is 7.06. The van der Waals surface area contributed by atoms with Gasteiger partial charge < -0.3 is 9.15 Å². The molecule has 0 saturated heterocycles. The van der Waals surface area contributed by atoms with E-state index in [0.717, 1.165) is 17.7 Å². The minimum absolute atomic E-state index is 0.0355. The number of hydrogen-bond donors (Lipinski definition) is 0. The van der Waals surface area contributed by atoms with Gasteiger partial charge in [0.15, 0.2) is 5.69 Å². The van der Waals surface area contributed by atoms with E-state index in [1.165, 1.54) is 5.56 Å². The highest BCUT2D eigenvalue weighted by Gasteiger charge is 2.20. The molecule has 158 valence electrons. The van der Waals surface area contributed by atoms with Gasteiger partial charge in [0.05, 0.1) is 11.4 Å². The van der Waals surface area contributed by atoms with Crippen molar-refractivity contribution in [3.8, 4) is 17.1 Å². The molecule has 31 heavy (non-hydrogen) atoms. The van der Waals surface area contributed by atoms with Gasteiger partial charge in [0, 0.05) is 10.6 Å². The summed E-state index contributed by atoms with van der Waals surface area (Å²) in [4.78, 5) is 17.0. The normalized spacial score (nSPS) is 11.0. The van der Waals surface area contributed by atoms with Crippen molar-refractivity contribution in [2.45, 2.75) is 33.8 Å². The van der Waals surface area contributed by atoms with E-state index in [4.69, 9.17) is 20.8 Å². The Morgan fingerprint density at radius 1 is 1.16 bits per heavy atom. The van der Waals surface area contributed by atoms with Gasteiger partial charge in [0.25, 0.3) is 0 Å². The van der Waals surface area contributed by atoms with E-state index in [-0.39, 0.29) is 12.3 Å². The highest BCUT2D eigenvalue weighted by molar-refractivity contribution is 6.30. The van der Waals surface area contributed by atoms with Gasteiger partial charge in [0.2, 0.25) is 5.89 Å². The van der Waals surface area contributed by atoms with Crippen molar-refractivity contribution in [3.05, 3.63) is 82.0 Å². The van der Waals surface area contributed by atoms with Crippen molar-refractivity contribution < 1.29 is 13.9 Å². The number of aromatic nitrogens is 4. The molecule has 7 nitrogen and oxygen atoms in total. The number of benzene rings is 2. The van der Waals surface area contributed by atoms with Crippen LogP contribution in [0.4, 0.5) is 0 Å². The number of hydrogen-bond acceptors (Lipinski definition) is 6. The van der Waals surface area contributed by atoms with Crippen LogP contribution in [0.15, 0.2) is 52.9 Å². The quantitative estimate of drug-likeness (QED) is 0.390. The lowest BCUT2D eigenvalue weighted by Gasteiger charge is -2.05. The van der Waals surface area contributed by atoms with Crippen LogP contribution in [0, 0.1) is 13.8 Å². The van der Waals surface area contributed by atoms with Crippen molar-refractivity contribution in [3.63, 3.8) is 0 Å². The third kappa shape index (κ3) is 4.36. The fourth-order valence-electron chi connectivity index (χ4n) is 3.15. The summed E-state index contributed by atoms with van der Waals surface area (Å²) in [7, 11) is 0. The summed E-state index contributed by atoms with van der Waals surface area (Å²) in [5.74, 6) is 0.420. The van der Waals surface area contributed by atoms with E-state index in [0.29, 0.717) is 28.1 Å². The van der Waals surface area contributed by atoms with Crippen LogP contribution in [0.1, 0.15) is 40.1 Å². The molecule has 2 aromatic carbocycles. The summed E-state index contributed by atoms with van der Waals surface area (Å²) >= 11 is 6.03. The summed E-state index contributed by atoms with van der Waals surface area (Å²) in [5, 5.41) is 8.71. The largest absolute Gasteiger partial charge is 0.454 e. The molecular weight excluding hydrogens is 416 g/mol. The van der Waals surface area contributed by atoms with Crippen LogP contribution in [-0.2, 0) is 17.8 Å². The highest BCUT2D eigenvalue weighted by Crippen LogP contribution is 2.25. The molecule has 0 aliphatic rings. The van der Waals surface area contributed by atoms with Gasteiger partial charge in [0.1, 0.15) is 18.1 Å². The van der Waals surface area contributed by atoms with Crippen LogP contribution < -0.4 is 0 Å². The van der Waals surface area contributed by atoms with Crippen LogP contribution in [0.5, 0.6) is 0 Å². The minimum Gasteiger partial charge on any atom is -0.454 e. The number of carbonyl (C=O) groups excluding carboxylic acids is 1. The first-order chi connectivity index (χ1) is 15.0. The molecule has 0 aliphatic carbocycles. The number of esters is 1. The van der Waals surface area contributed by atoms with E-state index in [9.17, 15) is 4.79 Å². The maximum atomic E-state index is 12.6. The van der Waals surface area contributed by atoms with E-state index in [2.05, 4.69) is 22.2 Å². The van der Waals surface area contributed by atoms with Crippen LogP contribution in [0.3, 0.4) is 0 Å². The maximum absolute atomic E-state index is 12.6. The van der Waals surface area contributed by atoms with Crippen molar-refractivity contribution in [2.24, 2.45) is 0 Å². The molecule has 0 bridgehead atoms. The van der Waals surface area contributed by atoms with Crippen LogP contribution in [0.2, 0.25) is 5.02 Å². The number of oxazole rings is 1. The number of aryl methyl sites for hydroxylation is 2. The van der Waals surface area contributed by atoms with Gasteiger partial charge in [-0.2, -0.15) is 0 Å². The predicted molar refractivity (Wildman–Crippen MR) is 116 cm³/mol. The summed E-state index contributed by atoms with van der Waals surface area (Å²) in [6, 6.07) is 15.2. The Kier molecular flexibility index (Phi) is 5.86. The Morgan fingerprint density at radius 3 is 2.65 bits per heavy atom. The maximum Gasteiger partial charge on any atom is 0.361 e. The molecule has 0 N–H and O–H groups in total. The van der Waals surface area contributed by atoms with E-state index in [1.54, 1.807) is 30.7 Å². The number of halogens is 1. The Balaban J connectivity index is 1.48. The highest BCUT2D eigenvalue weighted by atomic mass is 35.5. The monoisotopic (exact) mass is 436 g/mol. The van der Waals surface area contributed by atoms with Crippen molar-refractivity contribution in [2.75, 3.05) is 0 Å². The standard InChI is InChI=1S/C23H21ClN4O3/c1-4-16-8-10-19(11-9-16)28-14(2)21(26-27-28)23(29)30-13-20-15(3)31-22(25-20)17-6-5-7-18(24)12-17/h5-12H,4,13H2,1-3H3. The number of ether oxygens (including phenoxy) is 1. The lowest BCUT2D eigenvalue weighted by atomic mass is 10.1. The molecule has 4 rings (SSSR count). The number of rotatable bonds is 6. The zero-order chi connectivity index (χ0) is 22.0. The van der Waals surface area contributed by atoms with Gasteiger partial charge in [-0.15, -0.1) is 5.10 Å². The fourth-order valence-corrected chi connectivity index (χ4v) is 3.34. The third-order valence-electron chi connectivity index (χ3n) is 4.98. The predicted octanol–water partition coefficient (Wildman–Crippen LogP) is 5.11. The molecule has 0 aliphatic heterocycles. The molecule has 0 unspecified atom stereocenters. The average molecular weight is 437 g/mol. The third-order valence-corrected chi connectivity index (χ3v) is 5.22. The fraction of sp³-hybridized carbons (Fsp3) is 0.217. The molecule has 2 aromatic heterocycles. The smallest absolute Gasteiger partial charge is 0.361 e. The van der Waals surface area contributed by atoms with Crippen molar-refractivity contribution >= 4 is 17.6 Å². The van der Waals surface area contributed by atoms with Gasteiger partial charge in [-0.05, 0) is 56.2 Å². The molecule has 8 heteroatoms. The summed E-state index contributed by atoms with van der Waals surface area (Å²) in [6.07, 6.45) is 0.953. The molecule has 0 atom stereocenters. The number of carbonyl (C=O) groups is 1. The lowest BCUT2D eigenvalue weighted by molar-refractivity contribution is 0.0459. The molecule has 4 aromatic rings. The van der Waals surface area contributed by atoms with Gasteiger partial charge in [-0.3, -0.25) is 0 Å². The topological polar surface area (TPSA) is 83.0 Å². The van der Waals surface area contributed by atoms with Gasteiger partial charge >= 0.3 is 5.97 Å². The van der Waals surface area contributed by atoms with E-state index in [1.807, 2.05) is 36.4 Å². The second-order valence-corrected chi connectivity index (χ2v) is 7.50. The minimum atomic E-state index is -0.569. The summed E-state index contributed by atoms with van der Waals surface area (Å²) < 4.78 is 12.8. The SMILES string of the molecule is CCc1ccc(-n2nnc(C(=O)OCc3nc(-c4cccc(Cl)c4)oc3C)c2C)cc1. The molecule has 0 saturated carbocycles. The van der Waals surface area contributed by atoms with Crippen LogP contribution >= 0.6 is 11.6 Å². The zero-order valence-corrected chi connectivity index (χ0v) is 18.2. The molecule has 0 radical (unpaired) electrons. The molecular formula is C23H21ClN4O3. The van der Waals surface area contributed by atoms with Crippen molar-refractivity contribution in [1.29, 1.82) is 0 Å². The molecule has 0 spiro atoms. The molecule has 2 heterocycles. The molecule has 0 amide bonds. The first kappa shape index (κ1) is 20.8. The van der Waals surface area contributed by atoms with Crippen molar-refractivity contribution in [1.82, 2.24) is 20.0 Å². The van der Waals surface area contributed by atoms with E-state index < -0.39 is 5.97 Å². The molecule has 0 fully saturated rings. The second kappa shape index (κ2) is 8.73. The van der Waals surface area contributed by atoms with Crippen LogP contribution in [0.25, 0.3) is 17.1 Å². The Bertz CT molecular complexity index is 1230. The van der Waals surface area contributed by atoms with Crippen LogP contribution in [-0.4, -0.2) is 25.9 Å². The Hall–Kier alpha value is -3.45. The Morgan fingerprint density at radius 2 is 1.94 bits per heavy atom. The Labute approximate surface area is 184 Å². The summed E-state index contributed by atoms with van der Waals surface area (Å²) in [6.45, 7) is 5.61. The average Bonchev–Trinajstić information content (AvgIpc) is 3.34. The number of nitrogens with zero attached hydrogens (tertiary/aromatic N) is 4. The van der Waals surface area contributed by atoms with Gasteiger partial charge in [-0.1, -0.05) is 41.9 Å². The first-order valence-electron chi connectivity index (χ1n) is 9.87. The summed E-state index contributed by atoms with van der Waals surface area (Å²) in [5.41, 5.74) is 4.10. The lowest BCUT2D eigenvalue weighted by Crippen LogP contribution is -2.09.